The summed E-state index contributed by atoms with van der Waals surface area (Å²) in [5.74, 6) is -1.37. The molecular weight excluding hydrogens is 471 g/mol. The maximum absolute atomic E-state index is 13.7. The minimum atomic E-state index is -4.09. The molecule has 8 nitrogen and oxygen atoms in total. The number of nitrogens with zero attached hydrogens (tertiary/aromatic N) is 3. The highest BCUT2D eigenvalue weighted by Gasteiger charge is 2.34. The lowest BCUT2D eigenvalue weighted by Gasteiger charge is -2.34. The first-order valence-electron chi connectivity index (χ1n) is 11.6. The van der Waals surface area contributed by atoms with Crippen LogP contribution in [0.2, 0.25) is 0 Å². The summed E-state index contributed by atoms with van der Waals surface area (Å²) in [6, 6.07) is 13.2. The fraction of sp³-hybridized carbons (Fsp3) is 0.440. The summed E-state index contributed by atoms with van der Waals surface area (Å²) in [4.78, 5) is 28.2. The molecule has 0 fully saturated rings. The Balaban J connectivity index is 2.47. The smallest absolute Gasteiger partial charge is 0.304 e. The summed E-state index contributed by atoms with van der Waals surface area (Å²) in [6.07, 6.45) is 1.08. The van der Waals surface area contributed by atoms with Crippen molar-refractivity contribution in [2.24, 2.45) is 0 Å². The standard InChI is InChI=1S/C25H35FN4O4S/c1-6-19(3)27-25(32)23(7-2)29(17-20-11-9-8-10-12-20)24(31)18-30(35(33,34)28(4)5)22-15-13-21(26)14-16-22/h8-16,19,23H,6-7,17-18H2,1-5H3,(H,27,32)/t19-,23+/m0/s1. The number of benzene rings is 2. The van der Waals surface area contributed by atoms with Gasteiger partial charge in [0.05, 0.1) is 5.69 Å². The van der Waals surface area contributed by atoms with E-state index in [2.05, 4.69) is 5.32 Å². The number of amides is 2. The van der Waals surface area contributed by atoms with E-state index in [0.29, 0.717) is 6.42 Å². The molecule has 0 aromatic heterocycles. The Morgan fingerprint density at radius 1 is 0.971 bits per heavy atom. The van der Waals surface area contributed by atoms with Crippen molar-refractivity contribution in [1.29, 1.82) is 0 Å². The van der Waals surface area contributed by atoms with Crippen molar-refractivity contribution in [3.05, 3.63) is 66.0 Å². The van der Waals surface area contributed by atoms with Gasteiger partial charge in [0.2, 0.25) is 11.8 Å². The molecule has 2 atom stereocenters. The fourth-order valence-electron chi connectivity index (χ4n) is 3.46. The summed E-state index contributed by atoms with van der Waals surface area (Å²) in [5.41, 5.74) is 0.949. The van der Waals surface area contributed by atoms with Gasteiger partial charge in [0.15, 0.2) is 0 Å². The van der Waals surface area contributed by atoms with Crippen molar-refractivity contribution in [2.45, 2.75) is 52.2 Å². The Morgan fingerprint density at radius 3 is 2.09 bits per heavy atom. The highest BCUT2D eigenvalue weighted by molar-refractivity contribution is 7.90. The van der Waals surface area contributed by atoms with E-state index in [9.17, 15) is 22.4 Å². The van der Waals surface area contributed by atoms with E-state index in [4.69, 9.17) is 0 Å². The molecule has 0 aliphatic heterocycles. The van der Waals surface area contributed by atoms with E-state index >= 15 is 0 Å². The Bertz CT molecular complexity index is 1080. The molecule has 192 valence electrons. The van der Waals surface area contributed by atoms with Crippen molar-refractivity contribution < 1.29 is 22.4 Å². The second kappa shape index (κ2) is 12.6. The zero-order valence-corrected chi connectivity index (χ0v) is 21.8. The molecule has 1 N–H and O–H groups in total. The second-order valence-corrected chi connectivity index (χ2v) is 10.6. The van der Waals surface area contributed by atoms with Crippen LogP contribution in [0.15, 0.2) is 54.6 Å². The predicted octanol–water partition coefficient (Wildman–Crippen LogP) is 3.16. The Kier molecular flexibility index (Phi) is 10.2. The molecular formula is C25H35FN4O4S. The lowest BCUT2D eigenvalue weighted by atomic mass is 10.1. The monoisotopic (exact) mass is 506 g/mol. The van der Waals surface area contributed by atoms with E-state index in [-0.39, 0.29) is 24.2 Å². The number of carbonyl (C=O) groups excluding carboxylic acids is 2. The van der Waals surface area contributed by atoms with Crippen molar-refractivity contribution in [3.8, 4) is 0 Å². The van der Waals surface area contributed by atoms with Crippen LogP contribution in [0.25, 0.3) is 0 Å². The zero-order chi connectivity index (χ0) is 26.2. The third kappa shape index (κ3) is 7.50. The number of nitrogens with one attached hydrogen (secondary N) is 1. The summed E-state index contributed by atoms with van der Waals surface area (Å²) in [5, 5.41) is 2.93. The first kappa shape index (κ1) is 28.3. The Hall–Kier alpha value is -2.98. The van der Waals surface area contributed by atoms with E-state index in [1.54, 1.807) is 6.92 Å². The molecule has 0 saturated carbocycles. The van der Waals surface area contributed by atoms with E-state index in [1.807, 2.05) is 44.2 Å². The molecule has 0 aliphatic rings. The van der Waals surface area contributed by atoms with Gasteiger partial charge in [-0.2, -0.15) is 12.7 Å². The second-order valence-electron chi connectivity index (χ2n) is 8.52. The normalized spacial score (nSPS) is 13.2. The highest BCUT2D eigenvalue weighted by atomic mass is 32.2. The number of anilines is 1. The van der Waals surface area contributed by atoms with Crippen molar-refractivity contribution >= 4 is 27.7 Å². The SMILES string of the molecule is CC[C@H](C(=O)N[C@@H](C)CC)N(Cc1ccccc1)C(=O)CN(c1ccc(F)cc1)S(=O)(=O)N(C)C. The van der Waals surface area contributed by atoms with Gasteiger partial charge >= 0.3 is 10.2 Å². The zero-order valence-electron chi connectivity index (χ0n) is 20.9. The summed E-state index contributed by atoms with van der Waals surface area (Å²) < 4.78 is 41.6. The van der Waals surface area contributed by atoms with Gasteiger partial charge in [0.25, 0.3) is 0 Å². The number of hydrogen-bond acceptors (Lipinski definition) is 4. The van der Waals surface area contributed by atoms with Crippen LogP contribution >= 0.6 is 0 Å². The van der Waals surface area contributed by atoms with Crippen molar-refractivity contribution in [3.63, 3.8) is 0 Å². The largest absolute Gasteiger partial charge is 0.352 e. The minimum absolute atomic E-state index is 0.0740. The topological polar surface area (TPSA) is 90.0 Å². The molecule has 2 rings (SSSR count). The lowest BCUT2D eigenvalue weighted by molar-refractivity contribution is -0.140. The first-order valence-corrected chi connectivity index (χ1v) is 13.0. The van der Waals surface area contributed by atoms with Gasteiger partial charge in [-0.3, -0.25) is 9.59 Å². The Morgan fingerprint density at radius 2 is 1.57 bits per heavy atom. The number of halogens is 1. The summed E-state index contributed by atoms with van der Waals surface area (Å²) >= 11 is 0. The summed E-state index contributed by atoms with van der Waals surface area (Å²) in [7, 11) is -1.38. The number of hydrogen-bond donors (Lipinski definition) is 1. The predicted molar refractivity (Wildman–Crippen MR) is 135 cm³/mol. The fourth-order valence-corrected chi connectivity index (χ4v) is 4.52. The van der Waals surface area contributed by atoms with Gasteiger partial charge in [-0.15, -0.1) is 0 Å². The van der Waals surface area contributed by atoms with Crippen molar-refractivity contribution in [1.82, 2.24) is 14.5 Å². The molecule has 0 unspecified atom stereocenters. The summed E-state index contributed by atoms with van der Waals surface area (Å²) in [6.45, 7) is 5.22. The highest BCUT2D eigenvalue weighted by Crippen LogP contribution is 2.22. The number of carbonyl (C=O) groups is 2. The molecule has 2 aromatic rings. The van der Waals surface area contributed by atoms with Gasteiger partial charge < -0.3 is 10.2 Å². The number of rotatable bonds is 12. The third-order valence-electron chi connectivity index (χ3n) is 5.72. The maximum atomic E-state index is 13.7. The molecule has 0 saturated heterocycles. The molecule has 0 aliphatic carbocycles. The molecule has 2 aromatic carbocycles. The van der Waals surface area contributed by atoms with Crippen LogP contribution in [0.1, 0.15) is 39.2 Å². The molecule has 0 radical (unpaired) electrons. The average molecular weight is 507 g/mol. The Labute approximate surface area is 207 Å². The minimum Gasteiger partial charge on any atom is -0.352 e. The quantitative estimate of drug-likeness (QED) is 0.479. The van der Waals surface area contributed by atoms with Crippen LogP contribution in [-0.4, -0.2) is 62.2 Å². The van der Waals surface area contributed by atoms with Crippen LogP contribution in [0.4, 0.5) is 10.1 Å². The van der Waals surface area contributed by atoms with E-state index in [1.165, 1.54) is 31.1 Å². The molecule has 0 spiro atoms. The van der Waals surface area contributed by atoms with Gasteiger partial charge in [0.1, 0.15) is 18.4 Å². The molecule has 35 heavy (non-hydrogen) atoms. The van der Waals surface area contributed by atoms with Gasteiger partial charge in [-0.1, -0.05) is 44.2 Å². The lowest BCUT2D eigenvalue weighted by Crippen LogP contribution is -2.54. The van der Waals surface area contributed by atoms with Gasteiger partial charge in [-0.05, 0) is 49.6 Å². The molecule has 0 heterocycles. The van der Waals surface area contributed by atoms with Crippen molar-refractivity contribution in [2.75, 3.05) is 24.9 Å². The van der Waals surface area contributed by atoms with Gasteiger partial charge in [-0.25, -0.2) is 8.70 Å². The van der Waals surface area contributed by atoms with Crippen LogP contribution in [0, 0.1) is 5.82 Å². The average Bonchev–Trinajstić information content (AvgIpc) is 2.83. The molecule has 10 heteroatoms. The molecule has 0 bridgehead atoms. The van der Waals surface area contributed by atoms with Crippen LogP contribution in [0.5, 0.6) is 0 Å². The maximum Gasteiger partial charge on any atom is 0.304 e. The van der Waals surface area contributed by atoms with Crippen LogP contribution in [0.3, 0.4) is 0 Å². The third-order valence-corrected chi connectivity index (χ3v) is 7.54. The van der Waals surface area contributed by atoms with Gasteiger partial charge in [0, 0.05) is 26.7 Å². The first-order chi connectivity index (χ1) is 16.5. The van der Waals surface area contributed by atoms with Crippen LogP contribution in [-0.2, 0) is 26.3 Å². The van der Waals surface area contributed by atoms with E-state index in [0.717, 1.165) is 32.7 Å². The van der Waals surface area contributed by atoms with Crippen LogP contribution < -0.4 is 9.62 Å². The van der Waals surface area contributed by atoms with E-state index < -0.39 is 34.5 Å². The molecule has 2 amide bonds.